The second kappa shape index (κ2) is 20.3. The van der Waals surface area contributed by atoms with Gasteiger partial charge in [0, 0.05) is 24.3 Å². The number of hydrogen-bond donors (Lipinski definition) is 4. The second-order valence-corrected chi connectivity index (χ2v) is 8.85. The Labute approximate surface area is 201 Å². The quantitative estimate of drug-likeness (QED) is 0.121. The Morgan fingerprint density at radius 1 is 1.03 bits per heavy atom. The molecule has 0 aliphatic carbocycles. The molecule has 1 amide bonds. The van der Waals surface area contributed by atoms with Gasteiger partial charge in [-0.25, -0.2) is 4.79 Å². The maximum atomic E-state index is 11.3. The van der Waals surface area contributed by atoms with Gasteiger partial charge in [-0.1, -0.05) is 68.4 Å². The van der Waals surface area contributed by atoms with Gasteiger partial charge < -0.3 is 20.6 Å². The predicted octanol–water partition coefficient (Wildman–Crippen LogP) is 4.49. The molecule has 0 saturated heterocycles. The van der Waals surface area contributed by atoms with Crippen LogP contribution in [0.5, 0.6) is 0 Å². The number of nitrogens with one attached hydrogen (secondary N) is 1. The van der Waals surface area contributed by atoms with E-state index < -0.39 is 35.2 Å². The lowest BCUT2D eigenvalue weighted by atomic mass is 10.1. The first-order chi connectivity index (χ1) is 15.8. The number of amides is 1. The van der Waals surface area contributed by atoms with Crippen LogP contribution in [0.1, 0.15) is 65.2 Å². The number of unbranched alkanes of at least 4 members (excludes halogenated alkanes) is 3. The standard InChI is InChI=1S/C25H39NO6S/c1-3-4-5-6-7-8-9-10-11-12-13-14-17-23(22(28)16-15-18-24(29)30)33-19-21(25(31)32)26-20(2)27/h7-8,10-14,17,21-23,28H,3-6,9,15-16,18-19H2,1-2H3,(H,26,27)(H,29,30)(H,31,32)/b8-7-,11-10-,13-12+,17-14+/t21?,22-,23+/m0/s1/i20+2. The Bertz CT molecular complexity index is 686. The molecular formula is C25H39NO6S. The number of aliphatic carboxylic acids is 2. The van der Waals surface area contributed by atoms with E-state index in [0.717, 1.165) is 12.8 Å². The second-order valence-electron chi connectivity index (χ2n) is 7.64. The lowest BCUT2D eigenvalue weighted by Crippen LogP contribution is -2.42. The molecule has 0 aromatic heterocycles. The highest BCUT2D eigenvalue weighted by Gasteiger charge is 2.23. The Morgan fingerprint density at radius 3 is 2.39 bits per heavy atom. The number of carboxylic acid groups (broad SMARTS) is 2. The molecule has 0 spiro atoms. The number of carbonyl (C=O) groups is 3. The summed E-state index contributed by atoms with van der Waals surface area (Å²) in [6.45, 7) is 3.44. The number of aliphatic hydroxyl groups is 1. The molecule has 0 radical (unpaired) electrons. The summed E-state index contributed by atoms with van der Waals surface area (Å²) in [5.74, 6) is -2.44. The molecule has 8 heteroatoms. The van der Waals surface area contributed by atoms with E-state index in [-0.39, 0.29) is 18.6 Å². The third-order valence-electron chi connectivity index (χ3n) is 4.58. The number of thioether (sulfide) groups is 1. The molecule has 0 fully saturated rings. The maximum absolute atomic E-state index is 11.3. The van der Waals surface area contributed by atoms with Gasteiger partial charge >= 0.3 is 11.9 Å². The lowest BCUT2D eigenvalue weighted by Gasteiger charge is -2.21. The molecule has 0 saturated carbocycles. The van der Waals surface area contributed by atoms with Crippen molar-refractivity contribution < 1.29 is 29.7 Å². The van der Waals surface area contributed by atoms with E-state index in [9.17, 15) is 24.6 Å². The van der Waals surface area contributed by atoms with Crippen molar-refractivity contribution in [2.75, 3.05) is 5.75 Å². The zero-order valence-corrected chi connectivity index (χ0v) is 20.5. The summed E-state index contributed by atoms with van der Waals surface area (Å²) in [6, 6.07) is -1.07. The third kappa shape index (κ3) is 18.9. The molecule has 0 aromatic rings. The van der Waals surface area contributed by atoms with Crippen molar-refractivity contribution in [2.24, 2.45) is 0 Å². The summed E-state index contributed by atoms with van der Waals surface area (Å²) in [6.07, 6.45) is 20.9. The minimum atomic E-state index is -1.15. The smallest absolute Gasteiger partial charge is 0.327 e. The minimum absolute atomic E-state index is 0.0421. The predicted molar refractivity (Wildman–Crippen MR) is 134 cm³/mol. The Balaban J connectivity index is 4.78. The van der Waals surface area contributed by atoms with Gasteiger partial charge in [0.2, 0.25) is 5.91 Å². The SMILES string of the molecule is CCCCC/C=C\C\C=C/C=C/C=C/[C@@H](SCC(N[14C](C)=O)C(=O)O)[C@@H](O)CCCC(=O)O. The molecule has 33 heavy (non-hydrogen) atoms. The van der Waals surface area contributed by atoms with E-state index in [0.29, 0.717) is 6.42 Å². The van der Waals surface area contributed by atoms with Gasteiger partial charge in [-0.15, -0.1) is 11.8 Å². The molecule has 0 aliphatic rings. The van der Waals surface area contributed by atoms with Gasteiger partial charge in [0.25, 0.3) is 0 Å². The fourth-order valence-electron chi connectivity index (χ4n) is 2.81. The molecule has 0 rings (SSSR count). The van der Waals surface area contributed by atoms with Crippen LogP contribution in [0.3, 0.4) is 0 Å². The highest BCUT2D eigenvalue weighted by atomic mass is 32.2. The normalized spacial score (nSPS) is 14.9. The topological polar surface area (TPSA) is 124 Å². The largest absolute Gasteiger partial charge is 0.481 e. The van der Waals surface area contributed by atoms with E-state index in [1.165, 1.54) is 37.9 Å². The van der Waals surface area contributed by atoms with Crippen molar-refractivity contribution >= 4 is 29.6 Å². The summed E-state index contributed by atoms with van der Waals surface area (Å²) in [5.41, 5.74) is 0. The number of aliphatic hydroxyl groups excluding tert-OH is 1. The third-order valence-corrected chi connectivity index (χ3v) is 5.97. The van der Waals surface area contributed by atoms with Crippen molar-refractivity contribution in [1.82, 2.24) is 5.32 Å². The van der Waals surface area contributed by atoms with Crippen LogP contribution in [-0.4, -0.2) is 56.3 Å². The molecule has 3 atom stereocenters. The monoisotopic (exact) mass is 483 g/mol. The summed E-state index contributed by atoms with van der Waals surface area (Å²) in [5, 5.41) is 30.5. The fraction of sp³-hybridized carbons (Fsp3) is 0.560. The van der Waals surface area contributed by atoms with Crippen LogP contribution in [0.15, 0.2) is 48.6 Å². The van der Waals surface area contributed by atoms with Crippen LogP contribution >= 0.6 is 11.8 Å². The highest BCUT2D eigenvalue weighted by Crippen LogP contribution is 2.21. The first kappa shape index (κ1) is 30.7. The minimum Gasteiger partial charge on any atom is -0.481 e. The highest BCUT2D eigenvalue weighted by molar-refractivity contribution is 8.00. The molecule has 4 N–H and O–H groups in total. The number of hydrogen-bond acceptors (Lipinski definition) is 5. The number of rotatable bonds is 19. The average molecular weight is 484 g/mol. The van der Waals surface area contributed by atoms with E-state index in [1.54, 1.807) is 12.2 Å². The van der Waals surface area contributed by atoms with Crippen LogP contribution in [0.2, 0.25) is 0 Å². The Hall–Kier alpha value is -2.32. The van der Waals surface area contributed by atoms with E-state index in [2.05, 4.69) is 24.4 Å². The van der Waals surface area contributed by atoms with Gasteiger partial charge in [-0.2, -0.15) is 0 Å². The number of allylic oxidation sites excluding steroid dienone is 7. The van der Waals surface area contributed by atoms with Gasteiger partial charge in [-0.05, 0) is 32.1 Å². The first-order valence-electron chi connectivity index (χ1n) is 11.4. The lowest BCUT2D eigenvalue weighted by molar-refractivity contribution is -0.140. The van der Waals surface area contributed by atoms with Crippen LogP contribution in [0.4, 0.5) is 0 Å². The molecule has 0 aromatic carbocycles. The fourth-order valence-corrected chi connectivity index (χ4v) is 4.01. The van der Waals surface area contributed by atoms with Crippen molar-refractivity contribution in [2.45, 2.75) is 82.6 Å². The van der Waals surface area contributed by atoms with Crippen LogP contribution in [-0.2, 0) is 14.4 Å². The van der Waals surface area contributed by atoms with E-state index in [1.807, 2.05) is 24.3 Å². The molecule has 1 unspecified atom stereocenters. The zero-order chi connectivity index (χ0) is 24.9. The van der Waals surface area contributed by atoms with E-state index >= 15 is 0 Å². The number of carboxylic acids is 2. The molecular weight excluding hydrogens is 444 g/mol. The van der Waals surface area contributed by atoms with Gasteiger partial charge in [0.05, 0.1) is 6.10 Å². The van der Waals surface area contributed by atoms with Crippen LogP contribution < -0.4 is 5.32 Å². The molecule has 7 nitrogen and oxygen atoms in total. The molecule has 0 heterocycles. The molecule has 0 bridgehead atoms. The number of carbonyl (C=O) groups excluding carboxylic acids is 1. The Morgan fingerprint density at radius 2 is 1.76 bits per heavy atom. The van der Waals surface area contributed by atoms with E-state index in [4.69, 9.17) is 5.11 Å². The van der Waals surface area contributed by atoms with Crippen LogP contribution in [0.25, 0.3) is 0 Å². The summed E-state index contributed by atoms with van der Waals surface area (Å²) >= 11 is 1.21. The van der Waals surface area contributed by atoms with Gasteiger partial charge in [0.15, 0.2) is 0 Å². The van der Waals surface area contributed by atoms with Gasteiger partial charge in [-0.3, -0.25) is 9.59 Å². The van der Waals surface area contributed by atoms with Crippen molar-refractivity contribution in [3.63, 3.8) is 0 Å². The summed E-state index contributed by atoms with van der Waals surface area (Å²) in [4.78, 5) is 33.3. The Kier molecular flexibility index (Phi) is 18.9. The first-order valence-corrected chi connectivity index (χ1v) is 12.5. The maximum Gasteiger partial charge on any atom is 0.327 e. The van der Waals surface area contributed by atoms with Crippen molar-refractivity contribution in [3.8, 4) is 0 Å². The van der Waals surface area contributed by atoms with Crippen molar-refractivity contribution in [3.05, 3.63) is 48.6 Å². The zero-order valence-electron chi connectivity index (χ0n) is 19.7. The summed E-state index contributed by atoms with van der Waals surface area (Å²) in [7, 11) is 0. The molecule has 186 valence electrons. The average Bonchev–Trinajstić information content (AvgIpc) is 2.74. The van der Waals surface area contributed by atoms with Crippen molar-refractivity contribution in [1.29, 1.82) is 0 Å². The van der Waals surface area contributed by atoms with Gasteiger partial charge in [0.1, 0.15) is 6.04 Å². The molecule has 0 aliphatic heterocycles. The van der Waals surface area contributed by atoms with Crippen LogP contribution in [0, 0.1) is 0 Å². The summed E-state index contributed by atoms with van der Waals surface area (Å²) < 4.78 is 0.